The molecule has 2 saturated heterocycles. The zero-order valence-electron chi connectivity index (χ0n) is 23.7. The number of aliphatic hydroxyl groups is 1. The molecule has 0 unspecified atom stereocenters. The van der Waals surface area contributed by atoms with E-state index in [1.165, 1.54) is 11.3 Å². The third-order valence-electron chi connectivity index (χ3n) is 9.67. The summed E-state index contributed by atoms with van der Waals surface area (Å²) in [4.78, 5) is 15.5. The summed E-state index contributed by atoms with van der Waals surface area (Å²) in [5.41, 5.74) is 9.24. The largest absolute Gasteiger partial charge is 0.473 e. The molecule has 41 heavy (non-hydrogen) atoms. The monoisotopic (exact) mass is 575 g/mol. The number of hydrogen-bond acceptors (Lipinski definition) is 11. The molecule has 7 rings (SSSR count). The molecule has 11 heteroatoms. The number of likely N-dealkylation sites (tertiary alicyclic amines) is 1. The number of thiophene rings is 1. The first-order valence-electron chi connectivity index (χ1n) is 14.9. The number of nitrogen functional groups attached to an aromatic ring is 1. The number of anilines is 2. The standard InChI is InChI=1S/C30H37N7O3S/c1-17(21-7-5-12-36(21)2)39-24-14-23(37-13-9-18(38)16-37)33-29(34-24)26-19-6-3-10-30(27(19)40-35-26)11-4-8-22-25(30)20(15-31)28(32)41-22/h14,17-18,21,38H,3-13,16,32H2,1-2H3/t17-,18+,21-,30-/m0/s1. The molecule has 0 bridgehead atoms. The van der Waals surface area contributed by atoms with Crippen molar-refractivity contribution in [3.05, 3.63) is 33.4 Å². The van der Waals surface area contributed by atoms with Gasteiger partial charge in [-0.1, -0.05) is 5.16 Å². The van der Waals surface area contributed by atoms with Crippen LogP contribution in [0, 0.1) is 11.3 Å². The van der Waals surface area contributed by atoms with Crippen molar-refractivity contribution in [2.45, 2.75) is 88.4 Å². The van der Waals surface area contributed by atoms with Crippen LogP contribution in [-0.2, 0) is 18.3 Å². The lowest BCUT2D eigenvalue weighted by Gasteiger charge is -2.39. The zero-order chi connectivity index (χ0) is 28.3. The Labute approximate surface area is 244 Å². The number of rotatable bonds is 5. The fourth-order valence-corrected chi connectivity index (χ4v) is 8.87. The van der Waals surface area contributed by atoms with Gasteiger partial charge in [0.15, 0.2) is 17.3 Å². The van der Waals surface area contributed by atoms with Gasteiger partial charge in [0.1, 0.15) is 23.0 Å². The van der Waals surface area contributed by atoms with E-state index in [1.807, 2.05) is 6.07 Å². The summed E-state index contributed by atoms with van der Waals surface area (Å²) < 4.78 is 12.7. The number of aliphatic hydroxyl groups excluding tert-OH is 1. The first kappa shape index (κ1) is 26.7. The highest BCUT2D eigenvalue weighted by molar-refractivity contribution is 7.16. The van der Waals surface area contributed by atoms with E-state index >= 15 is 0 Å². The van der Waals surface area contributed by atoms with E-state index in [0.717, 1.165) is 80.7 Å². The number of nitriles is 1. The Morgan fingerprint density at radius 3 is 2.78 bits per heavy atom. The highest BCUT2D eigenvalue weighted by Crippen LogP contribution is 2.55. The minimum atomic E-state index is -0.400. The second kappa shape index (κ2) is 10.3. The molecule has 0 saturated carbocycles. The van der Waals surface area contributed by atoms with Gasteiger partial charge in [0.25, 0.3) is 0 Å². The Kier molecular flexibility index (Phi) is 6.68. The molecule has 5 heterocycles. The van der Waals surface area contributed by atoms with Gasteiger partial charge < -0.3 is 25.0 Å². The van der Waals surface area contributed by atoms with Gasteiger partial charge in [0, 0.05) is 35.6 Å². The van der Waals surface area contributed by atoms with E-state index in [0.29, 0.717) is 47.0 Å². The van der Waals surface area contributed by atoms with E-state index in [1.54, 1.807) is 11.3 Å². The van der Waals surface area contributed by atoms with Crippen molar-refractivity contribution < 1.29 is 14.4 Å². The van der Waals surface area contributed by atoms with Crippen molar-refractivity contribution in [3.63, 3.8) is 0 Å². The SMILES string of the molecule is C[C@H](Oc1cc(N2CC[C@@H](O)C2)nc(-c2noc3c2CCC[C@@]32CCCc3sc(N)c(C#N)c32)n1)[C@@H]1CCCN1C. The first-order valence-corrected chi connectivity index (χ1v) is 15.7. The molecule has 4 aliphatic rings. The summed E-state index contributed by atoms with van der Waals surface area (Å²) in [6.07, 6.45) is 8.07. The molecule has 0 radical (unpaired) electrons. The molecule has 2 aliphatic heterocycles. The molecule has 2 fully saturated rings. The average molecular weight is 576 g/mol. The van der Waals surface area contributed by atoms with Gasteiger partial charge in [-0.3, -0.25) is 4.90 Å². The maximum atomic E-state index is 10.2. The van der Waals surface area contributed by atoms with Crippen LogP contribution in [0.1, 0.15) is 79.2 Å². The summed E-state index contributed by atoms with van der Waals surface area (Å²) in [5.74, 6) is 2.56. The minimum absolute atomic E-state index is 0.0362. The number of fused-ring (bicyclic) bond motifs is 4. The smallest absolute Gasteiger partial charge is 0.219 e. The van der Waals surface area contributed by atoms with Gasteiger partial charge in [-0.05, 0) is 83.9 Å². The van der Waals surface area contributed by atoms with Gasteiger partial charge in [0.05, 0.1) is 17.1 Å². The zero-order valence-corrected chi connectivity index (χ0v) is 24.5. The van der Waals surface area contributed by atoms with Crippen molar-refractivity contribution in [1.29, 1.82) is 5.26 Å². The van der Waals surface area contributed by atoms with Crippen LogP contribution >= 0.6 is 11.3 Å². The Morgan fingerprint density at radius 1 is 1.22 bits per heavy atom. The lowest BCUT2D eigenvalue weighted by Crippen LogP contribution is -2.38. The highest BCUT2D eigenvalue weighted by atomic mass is 32.1. The lowest BCUT2D eigenvalue weighted by molar-refractivity contribution is 0.117. The average Bonchev–Trinajstić information content (AvgIpc) is 3.75. The second-order valence-corrected chi connectivity index (χ2v) is 13.3. The van der Waals surface area contributed by atoms with Gasteiger partial charge in [0.2, 0.25) is 5.88 Å². The molecule has 4 atom stereocenters. The van der Waals surface area contributed by atoms with E-state index < -0.39 is 5.41 Å². The first-order chi connectivity index (χ1) is 19.9. The van der Waals surface area contributed by atoms with Gasteiger partial charge in [-0.15, -0.1) is 11.3 Å². The number of β-amino-alcohol motifs (C(OH)–C–C–N with tert-alkyl or cyclic N) is 1. The third kappa shape index (κ3) is 4.39. The van der Waals surface area contributed by atoms with Crippen LogP contribution in [0.25, 0.3) is 11.5 Å². The van der Waals surface area contributed by atoms with Gasteiger partial charge in [-0.25, -0.2) is 4.98 Å². The van der Waals surface area contributed by atoms with Crippen LogP contribution in [0.4, 0.5) is 10.8 Å². The summed E-state index contributed by atoms with van der Waals surface area (Å²) >= 11 is 1.54. The predicted molar refractivity (Wildman–Crippen MR) is 156 cm³/mol. The molecular formula is C30H37N7O3S. The quantitative estimate of drug-likeness (QED) is 0.458. The molecule has 10 nitrogen and oxygen atoms in total. The summed E-state index contributed by atoms with van der Waals surface area (Å²) in [7, 11) is 2.15. The van der Waals surface area contributed by atoms with Crippen LogP contribution in [0.15, 0.2) is 10.6 Å². The molecule has 2 aliphatic carbocycles. The van der Waals surface area contributed by atoms with E-state index in [2.05, 4.69) is 35.0 Å². The predicted octanol–water partition coefficient (Wildman–Crippen LogP) is 4.04. The summed E-state index contributed by atoms with van der Waals surface area (Å²) in [6.45, 7) is 4.42. The number of hydrogen-bond donors (Lipinski definition) is 2. The van der Waals surface area contributed by atoms with Crippen LogP contribution in [0.2, 0.25) is 0 Å². The topological polar surface area (TPSA) is 138 Å². The maximum Gasteiger partial charge on any atom is 0.219 e. The van der Waals surface area contributed by atoms with Crippen molar-refractivity contribution in [3.8, 4) is 23.5 Å². The van der Waals surface area contributed by atoms with Crippen molar-refractivity contribution in [1.82, 2.24) is 20.0 Å². The van der Waals surface area contributed by atoms with Crippen LogP contribution in [0.5, 0.6) is 5.88 Å². The minimum Gasteiger partial charge on any atom is -0.473 e. The molecule has 3 aromatic heterocycles. The number of likely N-dealkylation sites (N-methyl/N-ethyl adjacent to an activating group) is 1. The van der Waals surface area contributed by atoms with Crippen LogP contribution in [0.3, 0.4) is 0 Å². The van der Waals surface area contributed by atoms with Gasteiger partial charge in [-0.2, -0.15) is 10.2 Å². The van der Waals surface area contributed by atoms with Crippen LogP contribution in [-0.4, -0.2) is 70.1 Å². The Bertz CT molecular complexity index is 1510. The van der Waals surface area contributed by atoms with Crippen LogP contribution < -0.4 is 15.4 Å². The number of ether oxygens (including phenoxy) is 1. The lowest BCUT2D eigenvalue weighted by atomic mass is 9.63. The Balaban J connectivity index is 1.31. The fraction of sp³-hybridized carbons (Fsp3) is 0.600. The molecule has 3 N–H and O–H groups in total. The molecule has 3 aromatic rings. The van der Waals surface area contributed by atoms with E-state index in [-0.39, 0.29) is 12.2 Å². The number of aromatic nitrogens is 3. The van der Waals surface area contributed by atoms with E-state index in [4.69, 9.17) is 25.0 Å². The number of aryl methyl sites for hydroxylation is 1. The van der Waals surface area contributed by atoms with Crippen molar-refractivity contribution in [2.75, 3.05) is 37.3 Å². The molecule has 0 aromatic carbocycles. The number of nitrogens with zero attached hydrogens (tertiary/aromatic N) is 6. The third-order valence-corrected chi connectivity index (χ3v) is 10.8. The normalized spacial score (nSPS) is 26.6. The summed E-state index contributed by atoms with van der Waals surface area (Å²) in [6, 6.07) is 4.61. The highest BCUT2D eigenvalue weighted by Gasteiger charge is 2.49. The Morgan fingerprint density at radius 2 is 2.05 bits per heavy atom. The molecule has 0 amide bonds. The van der Waals surface area contributed by atoms with E-state index in [9.17, 15) is 10.4 Å². The molecule has 216 valence electrons. The maximum absolute atomic E-state index is 10.2. The van der Waals surface area contributed by atoms with Gasteiger partial charge >= 0.3 is 0 Å². The summed E-state index contributed by atoms with van der Waals surface area (Å²) in [5, 5.41) is 25.5. The van der Waals surface area contributed by atoms with Crippen molar-refractivity contribution in [2.24, 2.45) is 0 Å². The number of nitrogens with two attached hydrogens (primary N) is 1. The fourth-order valence-electron chi connectivity index (χ4n) is 7.71. The van der Waals surface area contributed by atoms with Crippen molar-refractivity contribution >= 4 is 22.2 Å². The Hall–Kier alpha value is -3.20. The second-order valence-electron chi connectivity index (χ2n) is 12.2. The molecular weight excluding hydrogens is 538 g/mol. The molecule has 1 spiro atoms.